The van der Waals surface area contributed by atoms with Crippen molar-refractivity contribution in [1.29, 1.82) is 0 Å². The summed E-state index contributed by atoms with van der Waals surface area (Å²) in [5, 5.41) is 15.9. The van der Waals surface area contributed by atoms with Gasteiger partial charge in [-0.15, -0.1) is 10.2 Å². The highest BCUT2D eigenvalue weighted by atomic mass is 35.5. The fraction of sp³-hybridized carbons (Fsp3) is 0.308. The molecule has 0 radical (unpaired) electrons. The van der Waals surface area contributed by atoms with E-state index in [1.165, 1.54) is 11.3 Å². The van der Waals surface area contributed by atoms with E-state index < -0.39 is 6.04 Å². The number of rotatable bonds is 5. The topological polar surface area (TPSA) is 66.9 Å². The Hall–Kier alpha value is -1.37. The first-order chi connectivity index (χ1) is 9.97. The van der Waals surface area contributed by atoms with Gasteiger partial charge in [-0.3, -0.25) is 10.1 Å². The molecule has 2 rings (SSSR count). The zero-order valence-corrected chi connectivity index (χ0v) is 13.8. The molecule has 0 bridgehead atoms. The van der Waals surface area contributed by atoms with Crippen molar-refractivity contribution in [2.45, 2.75) is 26.3 Å². The molecular formula is C13H14Cl2N4OS. The highest BCUT2D eigenvalue weighted by Gasteiger charge is 2.18. The van der Waals surface area contributed by atoms with Crippen LogP contribution >= 0.6 is 34.5 Å². The number of halogens is 2. The molecule has 21 heavy (non-hydrogen) atoms. The summed E-state index contributed by atoms with van der Waals surface area (Å²) in [5.74, 6) is -0.176. The molecule has 1 atom stereocenters. The Morgan fingerprint density at radius 1 is 1.29 bits per heavy atom. The van der Waals surface area contributed by atoms with Gasteiger partial charge in [0.05, 0.1) is 0 Å². The smallest absolute Gasteiger partial charge is 0.248 e. The molecule has 112 valence electrons. The van der Waals surface area contributed by atoms with Crippen LogP contribution in [0.15, 0.2) is 18.2 Å². The number of aromatic nitrogens is 2. The maximum absolute atomic E-state index is 12.2. The summed E-state index contributed by atoms with van der Waals surface area (Å²) in [6.45, 7) is 3.74. The molecule has 0 aliphatic carbocycles. The lowest BCUT2D eigenvalue weighted by molar-refractivity contribution is -0.117. The van der Waals surface area contributed by atoms with Crippen LogP contribution in [-0.2, 0) is 4.79 Å². The maximum atomic E-state index is 12.2. The lowest BCUT2D eigenvalue weighted by Gasteiger charge is -2.17. The molecule has 2 aromatic rings. The van der Waals surface area contributed by atoms with Crippen molar-refractivity contribution in [3.05, 3.63) is 33.3 Å². The van der Waals surface area contributed by atoms with Crippen LogP contribution in [0.1, 0.15) is 18.4 Å². The number of hydrogen-bond donors (Lipinski definition) is 2. The summed E-state index contributed by atoms with van der Waals surface area (Å²) in [4.78, 5) is 12.2. The van der Waals surface area contributed by atoms with Gasteiger partial charge in [0.25, 0.3) is 0 Å². The van der Waals surface area contributed by atoms with Crippen LogP contribution in [-0.4, -0.2) is 22.1 Å². The molecule has 1 aromatic heterocycles. The number of aryl methyl sites for hydroxylation is 1. The van der Waals surface area contributed by atoms with E-state index in [0.29, 0.717) is 27.3 Å². The summed E-state index contributed by atoms with van der Waals surface area (Å²) in [7, 11) is 0. The van der Waals surface area contributed by atoms with Gasteiger partial charge in [0, 0.05) is 15.7 Å². The van der Waals surface area contributed by atoms with E-state index >= 15 is 0 Å². The Morgan fingerprint density at radius 3 is 2.48 bits per heavy atom. The molecule has 0 aliphatic heterocycles. The summed E-state index contributed by atoms with van der Waals surface area (Å²) >= 11 is 13.2. The first-order valence-corrected chi connectivity index (χ1v) is 7.88. The second-order valence-corrected chi connectivity index (χ2v) is 6.43. The molecule has 1 heterocycles. The number of anilines is 2. The zero-order chi connectivity index (χ0) is 15.4. The van der Waals surface area contributed by atoms with Crippen molar-refractivity contribution in [1.82, 2.24) is 10.2 Å². The molecule has 5 nitrogen and oxygen atoms in total. The van der Waals surface area contributed by atoms with Gasteiger partial charge in [0.15, 0.2) is 0 Å². The average Bonchev–Trinajstić information content (AvgIpc) is 2.80. The van der Waals surface area contributed by atoms with Crippen molar-refractivity contribution >= 4 is 51.3 Å². The number of hydrogen-bond acceptors (Lipinski definition) is 5. The maximum Gasteiger partial charge on any atom is 0.248 e. The third-order valence-electron chi connectivity index (χ3n) is 2.68. The number of benzene rings is 1. The van der Waals surface area contributed by atoms with Gasteiger partial charge in [-0.25, -0.2) is 0 Å². The monoisotopic (exact) mass is 344 g/mol. The minimum atomic E-state index is -0.413. The number of nitrogens with zero attached hydrogens (tertiary/aromatic N) is 2. The largest absolute Gasteiger partial charge is 0.374 e. The van der Waals surface area contributed by atoms with Gasteiger partial charge >= 0.3 is 0 Å². The molecule has 0 unspecified atom stereocenters. The Labute approximate surface area is 136 Å². The summed E-state index contributed by atoms with van der Waals surface area (Å²) in [6, 6.07) is 4.67. The lowest BCUT2D eigenvalue weighted by Crippen LogP contribution is -2.34. The van der Waals surface area contributed by atoms with E-state index in [1.54, 1.807) is 18.2 Å². The highest BCUT2D eigenvalue weighted by Crippen LogP contribution is 2.23. The van der Waals surface area contributed by atoms with E-state index in [0.717, 1.165) is 5.01 Å². The van der Waals surface area contributed by atoms with Crippen LogP contribution in [0.5, 0.6) is 0 Å². The molecule has 8 heteroatoms. The van der Waals surface area contributed by atoms with Crippen molar-refractivity contribution < 1.29 is 4.79 Å². The summed E-state index contributed by atoms with van der Waals surface area (Å²) in [6.07, 6.45) is 0.605. The first-order valence-electron chi connectivity index (χ1n) is 6.31. The lowest BCUT2D eigenvalue weighted by atomic mass is 10.2. The second-order valence-electron chi connectivity index (χ2n) is 4.38. The minimum Gasteiger partial charge on any atom is -0.374 e. The third kappa shape index (κ3) is 4.56. The van der Waals surface area contributed by atoms with Crippen molar-refractivity contribution in [2.75, 3.05) is 10.6 Å². The molecule has 0 saturated heterocycles. The van der Waals surface area contributed by atoms with Crippen LogP contribution in [0.2, 0.25) is 10.0 Å². The van der Waals surface area contributed by atoms with E-state index in [1.807, 2.05) is 13.8 Å². The van der Waals surface area contributed by atoms with E-state index in [-0.39, 0.29) is 5.91 Å². The number of amides is 1. The Morgan fingerprint density at radius 2 is 1.95 bits per heavy atom. The van der Waals surface area contributed by atoms with Gasteiger partial charge in [0.2, 0.25) is 11.0 Å². The van der Waals surface area contributed by atoms with Crippen molar-refractivity contribution in [3.63, 3.8) is 0 Å². The Bertz CT molecular complexity index is 627. The van der Waals surface area contributed by atoms with Crippen LogP contribution in [0.25, 0.3) is 0 Å². The normalized spacial score (nSPS) is 12.0. The van der Waals surface area contributed by atoms with Gasteiger partial charge in [-0.05, 0) is 31.5 Å². The standard InChI is InChI=1S/C13H14Cl2N4OS/c1-3-11(12(20)17-13-19-18-7(2)21-13)16-10-5-8(14)4-9(15)6-10/h4-6,11,16H,3H2,1-2H3,(H,17,19,20)/t11-/m1/s1. The third-order valence-corrected chi connectivity index (χ3v) is 3.87. The molecule has 0 spiro atoms. The van der Waals surface area contributed by atoms with Crippen LogP contribution in [0.4, 0.5) is 10.8 Å². The molecule has 0 fully saturated rings. The SMILES string of the molecule is CC[C@@H](Nc1cc(Cl)cc(Cl)c1)C(=O)Nc1nnc(C)s1. The van der Waals surface area contributed by atoms with Gasteiger partial charge < -0.3 is 5.32 Å². The predicted octanol–water partition coefficient (Wildman–Crippen LogP) is 3.98. The highest BCUT2D eigenvalue weighted by molar-refractivity contribution is 7.15. The minimum absolute atomic E-state index is 0.176. The predicted molar refractivity (Wildman–Crippen MR) is 87.4 cm³/mol. The van der Waals surface area contributed by atoms with Crippen molar-refractivity contribution in [2.24, 2.45) is 0 Å². The molecule has 0 aliphatic rings. The second kappa shape index (κ2) is 7.06. The molecule has 1 amide bonds. The Kier molecular flexibility index (Phi) is 5.39. The number of carbonyl (C=O) groups excluding carboxylic acids is 1. The fourth-order valence-electron chi connectivity index (χ4n) is 1.73. The number of carbonyl (C=O) groups is 1. The quantitative estimate of drug-likeness (QED) is 0.860. The van der Waals surface area contributed by atoms with E-state index in [9.17, 15) is 4.79 Å². The van der Waals surface area contributed by atoms with Gasteiger partial charge in [0.1, 0.15) is 11.0 Å². The van der Waals surface area contributed by atoms with E-state index in [2.05, 4.69) is 20.8 Å². The Balaban J connectivity index is 2.06. The average molecular weight is 345 g/mol. The van der Waals surface area contributed by atoms with Crippen LogP contribution < -0.4 is 10.6 Å². The first kappa shape index (κ1) is 16.0. The van der Waals surface area contributed by atoms with E-state index in [4.69, 9.17) is 23.2 Å². The molecule has 1 aromatic carbocycles. The summed E-state index contributed by atoms with van der Waals surface area (Å²) < 4.78 is 0. The van der Waals surface area contributed by atoms with Crippen LogP contribution in [0, 0.1) is 6.92 Å². The van der Waals surface area contributed by atoms with Crippen molar-refractivity contribution in [3.8, 4) is 0 Å². The van der Waals surface area contributed by atoms with Crippen LogP contribution in [0.3, 0.4) is 0 Å². The zero-order valence-electron chi connectivity index (χ0n) is 11.5. The fourth-order valence-corrected chi connectivity index (χ4v) is 2.85. The molecule has 0 saturated carbocycles. The summed E-state index contributed by atoms with van der Waals surface area (Å²) in [5.41, 5.74) is 0.697. The van der Waals surface area contributed by atoms with Gasteiger partial charge in [-0.1, -0.05) is 41.5 Å². The molecule has 2 N–H and O–H groups in total. The molecular weight excluding hydrogens is 331 g/mol. The van der Waals surface area contributed by atoms with Gasteiger partial charge in [-0.2, -0.15) is 0 Å². The number of nitrogens with one attached hydrogen (secondary N) is 2.